The number of hydrogen-bond acceptors (Lipinski definition) is 6. The van der Waals surface area contributed by atoms with Crippen molar-refractivity contribution < 1.29 is 23.9 Å². The molecule has 1 atom stereocenters. The zero-order valence-electron chi connectivity index (χ0n) is 18.8. The Balaban J connectivity index is 1.86. The van der Waals surface area contributed by atoms with Crippen LogP contribution in [0.15, 0.2) is 60.7 Å². The Hall–Kier alpha value is -4.47. The minimum Gasteiger partial charge on any atom is -0.453 e. The molecular formula is C24H25N5O5. The van der Waals surface area contributed by atoms with Crippen LogP contribution in [-0.4, -0.2) is 46.6 Å². The van der Waals surface area contributed by atoms with Crippen molar-refractivity contribution in [1.29, 1.82) is 0 Å². The van der Waals surface area contributed by atoms with E-state index in [1.165, 1.54) is 11.8 Å². The molecule has 3 amide bonds. The molecule has 1 unspecified atom stereocenters. The highest BCUT2D eigenvalue weighted by Gasteiger charge is 2.27. The molecule has 0 aliphatic rings. The summed E-state index contributed by atoms with van der Waals surface area (Å²) in [6.45, 7) is 1.94. The molecule has 4 N–H and O–H groups in total. The summed E-state index contributed by atoms with van der Waals surface area (Å²) in [5, 5.41) is 9.61. The maximum Gasteiger partial charge on any atom is 0.407 e. The van der Waals surface area contributed by atoms with Gasteiger partial charge in [0.05, 0.1) is 18.5 Å². The van der Waals surface area contributed by atoms with E-state index in [9.17, 15) is 19.2 Å². The van der Waals surface area contributed by atoms with E-state index in [0.717, 1.165) is 11.1 Å². The summed E-state index contributed by atoms with van der Waals surface area (Å²) < 4.78 is 6.01. The number of carbonyl (C=O) groups is 4. The highest BCUT2D eigenvalue weighted by atomic mass is 16.5. The number of rotatable bonds is 9. The Labute approximate surface area is 196 Å². The number of aromatic nitrogens is 2. The molecule has 3 aromatic rings. The van der Waals surface area contributed by atoms with Gasteiger partial charge in [-0.25, -0.2) is 9.48 Å². The maximum atomic E-state index is 13.2. The van der Waals surface area contributed by atoms with Crippen molar-refractivity contribution in [2.24, 2.45) is 5.73 Å². The van der Waals surface area contributed by atoms with Crippen molar-refractivity contribution >= 4 is 23.7 Å². The zero-order valence-corrected chi connectivity index (χ0v) is 18.8. The van der Waals surface area contributed by atoms with Crippen LogP contribution in [0.4, 0.5) is 4.79 Å². The molecule has 0 spiro atoms. The topological polar surface area (TPSA) is 145 Å². The molecule has 176 valence electrons. The second-order valence-electron chi connectivity index (χ2n) is 7.54. The Morgan fingerprint density at radius 3 is 2.41 bits per heavy atom. The van der Waals surface area contributed by atoms with Gasteiger partial charge in [-0.2, -0.15) is 5.10 Å². The summed E-state index contributed by atoms with van der Waals surface area (Å²) in [4.78, 5) is 48.5. The average Bonchev–Trinajstić information content (AvgIpc) is 3.24. The number of amides is 3. The Morgan fingerprint density at radius 1 is 1.03 bits per heavy atom. The van der Waals surface area contributed by atoms with Gasteiger partial charge in [-0.3, -0.25) is 14.4 Å². The number of Topliss-reactive ketones (excluding diaryl/α,β-unsaturated/α-hetero) is 1. The summed E-state index contributed by atoms with van der Waals surface area (Å²) in [5.41, 5.74) is 8.05. The molecule has 1 aromatic heterocycles. The van der Waals surface area contributed by atoms with E-state index in [1.807, 2.05) is 6.07 Å². The molecule has 10 heteroatoms. The standard InChI is InChI=1S/C24H25N5O5/c1-15-11-20(29(28-15)18-10-6-9-17(12-18)14-26-24(33)34-2)23(32)27-19(21(30)22(25)31)13-16-7-4-3-5-8-16/h3-12,19H,13-14H2,1-2H3,(H2,25,31)(H,26,33)(H,27,32). The fourth-order valence-electron chi connectivity index (χ4n) is 3.37. The number of carbonyl (C=O) groups excluding carboxylic acids is 4. The first kappa shape index (κ1) is 24.2. The minimum absolute atomic E-state index is 0.107. The van der Waals surface area contributed by atoms with Gasteiger partial charge in [0.15, 0.2) is 0 Å². The van der Waals surface area contributed by atoms with E-state index in [2.05, 4.69) is 20.5 Å². The van der Waals surface area contributed by atoms with E-state index in [4.69, 9.17) is 5.73 Å². The van der Waals surface area contributed by atoms with Crippen molar-refractivity contribution in [3.8, 4) is 5.69 Å². The second kappa shape index (κ2) is 10.9. The number of primary amides is 1. The monoisotopic (exact) mass is 463 g/mol. The van der Waals surface area contributed by atoms with Gasteiger partial charge in [0.25, 0.3) is 11.8 Å². The SMILES string of the molecule is COC(=O)NCc1cccc(-n2nc(C)cc2C(=O)NC(Cc2ccccc2)C(=O)C(N)=O)c1. The van der Waals surface area contributed by atoms with E-state index >= 15 is 0 Å². The first-order valence-corrected chi connectivity index (χ1v) is 10.4. The number of methoxy groups -OCH3 is 1. The molecule has 3 rings (SSSR count). The Bertz CT molecular complexity index is 1210. The van der Waals surface area contributed by atoms with Gasteiger partial charge >= 0.3 is 6.09 Å². The molecule has 0 bridgehead atoms. The lowest BCUT2D eigenvalue weighted by Gasteiger charge is -2.17. The summed E-state index contributed by atoms with van der Waals surface area (Å²) in [6.07, 6.45) is -0.458. The number of ether oxygens (including phenoxy) is 1. The predicted octanol–water partition coefficient (Wildman–Crippen LogP) is 1.43. The van der Waals surface area contributed by atoms with Crippen LogP contribution in [0.1, 0.15) is 27.3 Å². The molecular weight excluding hydrogens is 438 g/mol. The molecule has 2 aromatic carbocycles. The van der Waals surface area contributed by atoms with Crippen LogP contribution in [-0.2, 0) is 27.3 Å². The van der Waals surface area contributed by atoms with E-state index in [0.29, 0.717) is 11.4 Å². The van der Waals surface area contributed by atoms with Crippen molar-refractivity contribution in [1.82, 2.24) is 20.4 Å². The van der Waals surface area contributed by atoms with Crippen molar-refractivity contribution in [3.05, 3.63) is 83.2 Å². The smallest absolute Gasteiger partial charge is 0.407 e. The van der Waals surface area contributed by atoms with Crippen LogP contribution in [0.5, 0.6) is 0 Å². The van der Waals surface area contributed by atoms with Gasteiger partial charge in [-0.1, -0.05) is 42.5 Å². The minimum atomic E-state index is -1.13. The first-order valence-electron chi connectivity index (χ1n) is 10.4. The van der Waals surface area contributed by atoms with Gasteiger partial charge in [0.2, 0.25) is 5.78 Å². The van der Waals surface area contributed by atoms with Crippen molar-refractivity contribution in [2.45, 2.75) is 25.9 Å². The number of hydrogen-bond donors (Lipinski definition) is 3. The lowest BCUT2D eigenvalue weighted by molar-refractivity contribution is -0.137. The molecule has 10 nitrogen and oxygen atoms in total. The number of nitrogens with one attached hydrogen (secondary N) is 2. The molecule has 0 aliphatic heterocycles. The molecule has 0 radical (unpaired) electrons. The van der Waals surface area contributed by atoms with Crippen molar-refractivity contribution in [2.75, 3.05) is 7.11 Å². The Kier molecular flexibility index (Phi) is 7.75. The highest BCUT2D eigenvalue weighted by molar-refractivity contribution is 6.38. The summed E-state index contributed by atoms with van der Waals surface area (Å²) >= 11 is 0. The van der Waals surface area contributed by atoms with Crippen LogP contribution in [0.2, 0.25) is 0 Å². The Morgan fingerprint density at radius 2 is 1.74 bits per heavy atom. The van der Waals surface area contributed by atoms with Crippen LogP contribution >= 0.6 is 0 Å². The van der Waals surface area contributed by atoms with Crippen molar-refractivity contribution in [3.63, 3.8) is 0 Å². The predicted molar refractivity (Wildman–Crippen MR) is 123 cm³/mol. The highest BCUT2D eigenvalue weighted by Crippen LogP contribution is 2.15. The van der Waals surface area contributed by atoms with E-state index in [-0.39, 0.29) is 18.7 Å². The third-order valence-corrected chi connectivity index (χ3v) is 4.99. The lowest BCUT2D eigenvalue weighted by Crippen LogP contribution is -2.47. The van der Waals surface area contributed by atoms with Crippen LogP contribution < -0.4 is 16.4 Å². The molecule has 1 heterocycles. The maximum absolute atomic E-state index is 13.2. The van der Waals surface area contributed by atoms with Crippen LogP contribution in [0, 0.1) is 6.92 Å². The number of nitrogens with two attached hydrogens (primary N) is 1. The van der Waals surface area contributed by atoms with Gasteiger partial charge in [0.1, 0.15) is 11.7 Å². The fraction of sp³-hybridized carbons (Fsp3) is 0.208. The van der Waals surface area contributed by atoms with Gasteiger partial charge in [-0.15, -0.1) is 0 Å². The fourth-order valence-corrected chi connectivity index (χ4v) is 3.37. The van der Waals surface area contributed by atoms with Crippen LogP contribution in [0.25, 0.3) is 5.69 Å². The molecule has 0 saturated heterocycles. The lowest BCUT2D eigenvalue weighted by atomic mass is 10.0. The molecule has 0 aliphatic carbocycles. The zero-order chi connectivity index (χ0) is 24.7. The quantitative estimate of drug-likeness (QED) is 0.409. The number of benzene rings is 2. The third kappa shape index (κ3) is 6.06. The largest absolute Gasteiger partial charge is 0.453 e. The van der Waals surface area contributed by atoms with Gasteiger partial charge < -0.3 is 21.1 Å². The molecule has 0 saturated carbocycles. The average molecular weight is 463 g/mol. The van der Waals surface area contributed by atoms with E-state index in [1.54, 1.807) is 61.5 Å². The summed E-state index contributed by atoms with van der Waals surface area (Å²) in [6, 6.07) is 16.5. The van der Waals surface area contributed by atoms with Gasteiger partial charge in [0, 0.05) is 13.0 Å². The summed E-state index contributed by atoms with van der Waals surface area (Å²) in [5.74, 6) is -2.61. The first-order chi connectivity index (χ1) is 16.3. The second-order valence-corrected chi connectivity index (χ2v) is 7.54. The summed E-state index contributed by atoms with van der Waals surface area (Å²) in [7, 11) is 1.27. The van der Waals surface area contributed by atoms with Gasteiger partial charge in [-0.05, 0) is 36.2 Å². The van der Waals surface area contributed by atoms with Crippen LogP contribution in [0.3, 0.4) is 0 Å². The number of aryl methyl sites for hydroxylation is 1. The molecule has 34 heavy (non-hydrogen) atoms. The third-order valence-electron chi connectivity index (χ3n) is 4.99. The number of alkyl carbamates (subject to hydrolysis) is 1. The molecule has 0 fully saturated rings. The van der Waals surface area contributed by atoms with E-state index < -0.39 is 29.7 Å². The number of ketones is 1. The normalized spacial score (nSPS) is 11.4. The number of nitrogens with zero attached hydrogens (tertiary/aromatic N) is 2.